The minimum absolute atomic E-state index is 0.383. The molecule has 0 spiro atoms. The van der Waals surface area contributed by atoms with E-state index in [2.05, 4.69) is 20.9 Å². The average Bonchev–Trinajstić information content (AvgIpc) is 2.81. The highest BCUT2D eigenvalue weighted by molar-refractivity contribution is 9.10. The van der Waals surface area contributed by atoms with Gasteiger partial charge in [0, 0.05) is 0 Å². The van der Waals surface area contributed by atoms with Crippen molar-refractivity contribution in [3.8, 4) is 0 Å². The van der Waals surface area contributed by atoms with E-state index < -0.39 is 24.5 Å². The topological polar surface area (TPSA) is 67.5 Å². The predicted molar refractivity (Wildman–Crippen MR) is 79.1 cm³/mol. The molecule has 0 amide bonds. The Hall–Kier alpha value is -0.370. The van der Waals surface area contributed by atoms with Crippen LogP contribution < -0.4 is 0 Å². The van der Waals surface area contributed by atoms with Crippen molar-refractivity contribution in [3.63, 3.8) is 0 Å². The molecule has 0 aliphatic carbocycles. The van der Waals surface area contributed by atoms with Crippen LogP contribution in [-0.2, 0) is 4.74 Å². The van der Waals surface area contributed by atoms with E-state index in [-0.39, 0.29) is 0 Å². The minimum atomic E-state index is -1.05. The van der Waals surface area contributed by atoms with E-state index in [1.165, 1.54) is 0 Å². The Labute approximate surface area is 133 Å². The maximum absolute atomic E-state index is 10.1. The normalized spacial score (nSPS) is 30.3. The van der Waals surface area contributed by atoms with Crippen LogP contribution in [0.25, 0.3) is 11.0 Å². The Kier molecular flexibility index (Phi) is 3.73. The summed E-state index contributed by atoms with van der Waals surface area (Å²) >= 11 is 15.3. The Balaban J connectivity index is 2.17. The summed E-state index contributed by atoms with van der Waals surface area (Å²) < 4.78 is 7.72. The molecule has 0 unspecified atom stereocenters. The Morgan fingerprint density at radius 1 is 1.25 bits per heavy atom. The first-order valence-corrected chi connectivity index (χ1v) is 7.49. The molecule has 2 N–H and O–H groups in total. The first kappa shape index (κ1) is 14.6. The third kappa shape index (κ3) is 2.15. The quantitative estimate of drug-likeness (QED) is 0.796. The van der Waals surface area contributed by atoms with Crippen LogP contribution in [0, 0.1) is 0 Å². The molecular weight excluding hydrogens is 371 g/mol. The molecule has 1 saturated heterocycles. The van der Waals surface area contributed by atoms with Crippen LogP contribution in [0.1, 0.15) is 13.2 Å². The average molecular weight is 382 g/mol. The summed E-state index contributed by atoms with van der Waals surface area (Å²) in [5.74, 6) is 0. The maximum Gasteiger partial charge on any atom is 0.180 e. The Bertz CT molecular complexity index is 678. The van der Waals surface area contributed by atoms with Crippen LogP contribution in [0.2, 0.25) is 10.0 Å². The maximum atomic E-state index is 10.1. The van der Waals surface area contributed by atoms with Gasteiger partial charge in [0.2, 0.25) is 0 Å². The summed E-state index contributed by atoms with van der Waals surface area (Å²) in [6.45, 7) is 1.70. The third-order valence-electron chi connectivity index (χ3n) is 3.42. The number of imidazole rings is 1. The fraction of sp³-hybridized carbons (Fsp3) is 0.417. The van der Waals surface area contributed by atoms with Crippen LogP contribution in [0.5, 0.6) is 0 Å². The van der Waals surface area contributed by atoms with E-state index in [4.69, 9.17) is 27.9 Å². The van der Waals surface area contributed by atoms with Crippen molar-refractivity contribution in [1.82, 2.24) is 9.55 Å². The molecule has 0 bridgehead atoms. The molecule has 5 nitrogen and oxygen atoms in total. The number of halogens is 3. The number of nitrogens with zero attached hydrogens (tertiary/aromatic N) is 2. The number of rotatable bonds is 1. The fourth-order valence-corrected chi connectivity index (χ4v) is 3.24. The molecule has 1 aliphatic rings. The van der Waals surface area contributed by atoms with Gasteiger partial charge in [0.1, 0.15) is 12.2 Å². The monoisotopic (exact) mass is 380 g/mol. The third-order valence-corrected chi connectivity index (χ3v) is 4.70. The van der Waals surface area contributed by atoms with Crippen molar-refractivity contribution in [3.05, 3.63) is 26.9 Å². The van der Waals surface area contributed by atoms with Gasteiger partial charge in [0.05, 0.1) is 27.2 Å². The lowest BCUT2D eigenvalue weighted by atomic mass is 10.1. The number of aliphatic hydroxyl groups excluding tert-OH is 2. The first-order chi connectivity index (χ1) is 9.40. The zero-order valence-corrected chi connectivity index (χ0v) is 13.4. The predicted octanol–water partition coefficient (Wildman–Crippen LogP) is 2.74. The lowest BCUT2D eigenvalue weighted by Gasteiger charge is -2.18. The smallest absolute Gasteiger partial charge is 0.180 e. The summed E-state index contributed by atoms with van der Waals surface area (Å²) in [5.41, 5.74) is 1.28. The molecule has 2 aromatic rings. The van der Waals surface area contributed by atoms with E-state index in [0.717, 1.165) is 0 Å². The summed E-state index contributed by atoms with van der Waals surface area (Å²) in [4.78, 5) is 4.31. The lowest BCUT2D eigenvalue weighted by Crippen LogP contribution is -2.30. The number of hydrogen-bond acceptors (Lipinski definition) is 4. The fourth-order valence-electron chi connectivity index (χ4n) is 2.34. The molecule has 1 aliphatic heterocycles. The summed E-state index contributed by atoms with van der Waals surface area (Å²) in [5, 5.41) is 20.7. The molecule has 108 valence electrons. The van der Waals surface area contributed by atoms with Gasteiger partial charge in [-0.05, 0) is 35.0 Å². The summed E-state index contributed by atoms with van der Waals surface area (Å²) in [7, 11) is 0. The van der Waals surface area contributed by atoms with Crippen LogP contribution in [0.4, 0.5) is 0 Å². The number of ether oxygens (including phenoxy) is 1. The standard InChI is InChI=1S/C12H11BrCl2N2O3/c1-4-9(18)10(19)11(20-4)17-8-3-6(15)5(14)2-7(8)16-12(17)13/h2-4,9-11,18-19H,1H3/t4-,9-,10-,11+/m1/s1. The lowest BCUT2D eigenvalue weighted by molar-refractivity contribution is -0.0309. The molecule has 1 fully saturated rings. The van der Waals surface area contributed by atoms with Crippen molar-refractivity contribution in [2.24, 2.45) is 0 Å². The highest BCUT2D eigenvalue weighted by Crippen LogP contribution is 2.37. The number of aliphatic hydroxyl groups is 2. The number of benzene rings is 1. The number of fused-ring (bicyclic) bond motifs is 1. The van der Waals surface area contributed by atoms with E-state index >= 15 is 0 Å². The van der Waals surface area contributed by atoms with Crippen LogP contribution in [0.15, 0.2) is 16.9 Å². The summed E-state index contributed by atoms with van der Waals surface area (Å²) in [6.07, 6.45) is -3.21. The Morgan fingerprint density at radius 3 is 2.50 bits per heavy atom. The van der Waals surface area contributed by atoms with Gasteiger partial charge in [0.25, 0.3) is 0 Å². The van der Waals surface area contributed by atoms with Crippen molar-refractivity contribution in [2.45, 2.75) is 31.5 Å². The minimum Gasteiger partial charge on any atom is -0.388 e. The van der Waals surface area contributed by atoms with Crippen LogP contribution in [-0.4, -0.2) is 38.1 Å². The molecule has 20 heavy (non-hydrogen) atoms. The highest BCUT2D eigenvalue weighted by atomic mass is 79.9. The van der Waals surface area contributed by atoms with Gasteiger partial charge in [-0.3, -0.25) is 4.57 Å². The van der Waals surface area contributed by atoms with Gasteiger partial charge in [-0.2, -0.15) is 0 Å². The molecular formula is C12H11BrCl2N2O3. The van der Waals surface area contributed by atoms with Crippen LogP contribution in [0.3, 0.4) is 0 Å². The van der Waals surface area contributed by atoms with Gasteiger partial charge in [0.15, 0.2) is 11.0 Å². The van der Waals surface area contributed by atoms with Gasteiger partial charge < -0.3 is 14.9 Å². The van der Waals surface area contributed by atoms with E-state index in [1.807, 2.05) is 0 Å². The molecule has 1 aromatic carbocycles. The molecule has 0 saturated carbocycles. The van der Waals surface area contributed by atoms with Crippen molar-refractivity contribution in [2.75, 3.05) is 0 Å². The zero-order chi connectivity index (χ0) is 14.6. The van der Waals surface area contributed by atoms with Crippen LogP contribution >= 0.6 is 39.1 Å². The molecule has 1 aromatic heterocycles. The van der Waals surface area contributed by atoms with E-state index in [0.29, 0.717) is 25.8 Å². The van der Waals surface area contributed by atoms with Crippen molar-refractivity contribution >= 4 is 50.2 Å². The van der Waals surface area contributed by atoms with E-state index in [9.17, 15) is 10.2 Å². The number of aromatic nitrogens is 2. The van der Waals surface area contributed by atoms with Crippen molar-refractivity contribution < 1.29 is 14.9 Å². The second kappa shape index (κ2) is 5.12. The largest absolute Gasteiger partial charge is 0.388 e. The first-order valence-electron chi connectivity index (χ1n) is 5.94. The van der Waals surface area contributed by atoms with E-state index in [1.54, 1.807) is 23.6 Å². The number of hydrogen-bond donors (Lipinski definition) is 2. The second-order valence-corrected chi connectivity index (χ2v) is 6.24. The van der Waals surface area contributed by atoms with Gasteiger partial charge in [-0.15, -0.1) is 0 Å². The van der Waals surface area contributed by atoms with Crippen molar-refractivity contribution in [1.29, 1.82) is 0 Å². The van der Waals surface area contributed by atoms with Gasteiger partial charge >= 0.3 is 0 Å². The van der Waals surface area contributed by atoms with Gasteiger partial charge in [-0.1, -0.05) is 23.2 Å². The molecule has 8 heteroatoms. The molecule has 0 radical (unpaired) electrons. The Morgan fingerprint density at radius 2 is 1.90 bits per heavy atom. The second-order valence-electron chi connectivity index (χ2n) is 4.72. The molecule has 2 heterocycles. The molecule has 4 atom stereocenters. The zero-order valence-electron chi connectivity index (χ0n) is 10.3. The summed E-state index contributed by atoms with van der Waals surface area (Å²) in [6, 6.07) is 3.30. The SMILES string of the molecule is C[C@H]1O[C@H](n2c(Br)nc3cc(Cl)c(Cl)cc32)[C@H](O)[C@@H]1O. The molecule has 3 rings (SSSR count). The highest BCUT2D eigenvalue weighted by Gasteiger charge is 2.42. The van der Waals surface area contributed by atoms with Gasteiger partial charge in [-0.25, -0.2) is 4.98 Å².